The fourth-order valence-corrected chi connectivity index (χ4v) is 6.95. The highest BCUT2D eigenvalue weighted by molar-refractivity contribution is 5.98. The summed E-state index contributed by atoms with van der Waals surface area (Å²) < 4.78 is 35.1. The molecule has 1 saturated heterocycles. The second kappa shape index (κ2) is 16.2. The van der Waals surface area contributed by atoms with Crippen LogP contribution in [0.3, 0.4) is 0 Å². The normalized spacial score (nSPS) is 20.4. The van der Waals surface area contributed by atoms with Gasteiger partial charge >= 0.3 is 23.9 Å². The predicted octanol–water partition coefficient (Wildman–Crippen LogP) is 7.58. The Morgan fingerprint density at radius 1 is 0.627 bits per heavy atom. The van der Waals surface area contributed by atoms with Crippen molar-refractivity contribution in [1.82, 2.24) is 0 Å². The van der Waals surface area contributed by atoms with E-state index in [-0.39, 0.29) is 61.3 Å². The lowest BCUT2D eigenvalue weighted by molar-refractivity contribution is -0.235. The molecule has 0 bridgehead atoms. The van der Waals surface area contributed by atoms with Crippen LogP contribution in [0.1, 0.15) is 132 Å². The highest BCUT2D eigenvalue weighted by Crippen LogP contribution is 2.51. The van der Waals surface area contributed by atoms with Gasteiger partial charge in [0.15, 0.2) is 17.6 Å². The molecule has 6 rings (SSSR count). The van der Waals surface area contributed by atoms with Gasteiger partial charge in [-0.25, -0.2) is 19.2 Å². The summed E-state index contributed by atoms with van der Waals surface area (Å²) in [4.78, 5) is 54.4. The Balaban J connectivity index is 1.37. The molecular weight excluding hydrogens is 757 g/mol. The number of aliphatic hydroxyl groups is 2. The monoisotopic (exact) mass is 808 g/mol. The van der Waals surface area contributed by atoms with E-state index in [0.29, 0.717) is 0 Å². The largest absolute Gasteiger partial charge is 0.490 e. The van der Waals surface area contributed by atoms with E-state index < -0.39 is 61.0 Å². The highest BCUT2D eigenvalue weighted by atomic mass is 16.6. The molecule has 1 fully saturated rings. The summed E-state index contributed by atoms with van der Waals surface area (Å²) in [7, 11) is 1.27. The molecule has 12 nitrogen and oxygen atoms in total. The van der Waals surface area contributed by atoms with Crippen molar-refractivity contribution in [3.8, 4) is 17.2 Å². The van der Waals surface area contributed by atoms with Crippen molar-refractivity contribution < 1.29 is 57.8 Å². The molecule has 0 aliphatic carbocycles. The quantitative estimate of drug-likeness (QED) is 0.133. The number of hydrogen-bond donors (Lipinski definition) is 2. The number of hydrogen-bond acceptors (Lipinski definition) is 12. The van der Waals surface area contributed by atoms with E-state index in [1.165, 1.54) is 13.2 Å². The van der Waals surface area contributed by atoms with E-state index in [2.05, 4.69) is 0 Å². The molecule has 0 amide bonds. The minimum atomic E-state index is -1.73. The van der Waals surface area contributed by atoms with E-state index in [9.17, 15) is 29.4 Å². The number of esters is 4. The summed E-state index contributed by atoms with van der Waals surface area (Å²) in [5.41, 5.74) is 2.80. The molecule has 2 N–H and O–H groups in total. The van der Waals surface area contributed by atoms with E-state index in [1.54, 1.807) is 48.5 Å². The molecule has 2 aliphatic rings. The van der Waals surface area contributed by atoms with Crippen molar-refractivity contribution >= 4 is 23.9 Å². The van der Waals surface area contributed by atoms with Crippen LogP contribution in [0, 0.1) is 0 Å². The first-order valence-electron chi connectivity index (χ1n) is 19.5. The standard InChI is InChI=1S/C47H52O12/c1-45(2,3)28-17-11-25(12-18-28)41(50)55-24-33-35(48)36(49)40-39(56-33)34-31(44(53)59-40)23-32(57-42(51)26-13-19-29(20-14-26)46(4,5)6)37(54-10)38(34)58-43(52)27-15-21-30(22-16-27)47(7,8)9/h11-23,33,35-36,39-40,48-49H,24H2,1-10H3/t33-,35-,36+,39+,40-/m1/s1. The van der Waals surface area contributed by atoms with Crippen molar-refractivity contribution in [2.45, 2.75) is 109 Å². The Kier molecular flexibility index (Phi) is 11.8. The van der Waals surface area contributed by atoms with Crippen LogP contribution in [-0.4, -0.2) is 72.2 Å². The highest BCUT2D eigenvalue weighted by Gasteiger charge is 2.53. The van der Waals surface area contributed by atoms with Crippen molar-refractivity contribution in [2.24, 2.45) is 0 Å². The topological polar surface area (TPSA) is 164 Å². The Morgan fingerprint density at radius 2 is 1.07 bits per heavy atom. The van der Waals surface area contributed by atoms with Gasteiger partial charge in [0.1, 0.15) is 31.0 Å². The molecule has 5 atom stereocenters. The van der Waals surface area contributed by atoms with Crippen LogP contribution in [0.5, 0.6) is 17.2 Å². The van der Waals surface area contributed by atoms with E-state index in [1.807, 2.05) is 86.6 Å². The minimum absolute atomic E-state index is 0.0721. The summed E-state index contributed by atoms with van der Waals surface area (Å²) in [6, 6.07) is 21.8. The van der Waals surface area contributed by atoms with Gasteiger partial charge in [-0.3, -0.25) is 0 Å². The Labute approximate surface area is 344 Å². The van der Waals surface area contributed by atoms with Gasteiger partial charge in [0.2, 0.25) is 5.75 Å². The van der Waals surface area contributed by atoms with Crippen LogP contribution in [0.4, 0.5) is 0 Å². The molecule has 12 heteroatoms. The van der Waals surface area contributed by atoms with Gasteiger partial charge < -0.3 is 38.6 Å². The molecule has 0 saturated carbocycles. The van der Waals surface area contributed by atoms with Crippen LogP contribution in [0.25, 0.3) is 0 Å². The molecule has 0 spiro atoms. The van der Waals surface area contributed by atoms with Crippen molar-refractivity contribution in [3.63, 3.8) is 0 Å². The molecule has 59 heavy (non-hydrogen) atoms. The fraction of sp³-hybridized carbons (Fsp3) is 0.404. The number of aliphatic hydroxyl groups excluding tert-OH is 2. The molecule has 0 aromatic heterocycles. The van der Waals surface area contributed by atoms with Gasteiger partial charge in [-0.1, -0.05) is 98.7 Å². The number of methoxy groups -OCH3 is 1. The second-order valence-electron chi connectivity index (χ2n) is 18.0. The fourth-order valence-electron chi connectivity index (χ4n) is 6.95. The van der Waals surface area contributed by atoms with Gasteiger partial charge in [-0.15, -0.1) is 0 Å². The van der Waals surface area contributed by atoms with Crippen LogP contribution < -0.4 is 14.2 Å². The predicted molar refractivity (Wildman–Crippen MR) is 217 cm³/mol. The molecule has 4 aromatic carbocycles. The summed E-state index contributed by atoms with van der Waals surface area (Å²) in [6.07, 6.45) is -7.60. The molecule has 312 valence electrons. The first-order valence-corrected chi connectivity index (χ1v) is 19.5. The van der Waals surface area contributed by atoms with Gasteiger partial charge in [0, 0.05) is 5.56 Å². The number of benzene rings is 4. The van der Waals surface area contributed by atoms with Crippen molar-refractivity contribution in [3.05, 3.63) is 123 Å². The second-order valence-corrected chi connectivity index (χ2v) is 18.0. The lowest BCUT2D eigenvalue weighted by Crippen LogP contribution is -2.58. The molecule has 2 aliphatic heterocycles. The first kappa shape index (κ1) is 43.0. The molecular formula is C47H52O12. The van der Waals surface area contributed by atoms with Gasteiger partial charge in [-0.2, -0.15) is 0 Å². The minimum Gasteiger partial charge on any atom is -0.490 e. The average Bonchev–Trinajstić information content (AvgIpc) is 3.18. The average molecular weight is 809 g/mol. The summed E-state index contributed by atoms with van der Waals surface area (Å²) in [5, 5.41) is 22.5. The molecule has 0 radical (unpaired) electrons. The summed E-state index contributed by atoms with van der Waals surface area (Å²) >= 11 is 0. The molecule has 2 heterocycles. The Morgan fingerprint density at radius 3 is 1.51 bits per heavy atom. The number of rotatable bonds is 8. The maximum atomic E-state index is 13.9. The van der Waals surface area contributed by atoms with Crippen LogP contribution in [0.15, 0.2) is 78.9 Å². The zero-order valence-electron chi connectivity index (χ0n) is 35.1. The van der Waals surface area contributed by atoms with Gasteiger partial charge in [0.25, 0.3) is 0 Å². The number of ether oxygens (including phenoxy) is 6. The third-order valence-electron chi connectivity index (χ3n) is 10.6. The number of carbonyl (C=O) groups is 4. The van der Waals surface area contributed by atoms with Crippen LogP contribution >= 0.6 is 0 Å². The lowest BCUT2D eigenvalue weighted by Gasteiger charge is -2.45. The van der Waals surface area contributed by atoms with E-state index in [4.69, 9.17) is 28.4 Å². The van der Waals surface area contributed by atoms with E-state index >= 15 is 0 Å². The smallest absolute Gasteiger partial charge is 0.343 e. The number of fused-ring (bicyclic) bond motifs is 3. The summed E-state index contributed by atoms with van der Waals surface area (Å²) in [5.74, 6) is -4.15. The Bertz CT molecular complexity index is 2220. The maximum Gasteiger partial charge on any atom is 0.343 e. The van der Waals surface area contributed by atoms with Crippen molar-refractivity contribution in [2.75, 3.05) is 13.7 Å². The van der Waals surface area contributed by atoms with Gasteiger partial charge in [-0.05, 0) is 75.4 Å². The Hall–Kier alpha value is -5.56. The van der Waals surface area contributed by atoms with E-state index in [0.717, 1.165) is 16.7 Å². The lowest BCUT2D eigenvalue weighted by atomic mass is 9.86. The zero-order valence-corrected chi connectivity index (χ0v) is 35.1. The third-order valence-corrected chi connectivity index (χ3v) is 10.6. The van der Waals surface area contributed by atoms with Crippen LogP contribution in [0.2, 0.25) is 0 Å². The summed E-state index contributed by atoms with van der Waals surface area (Å²) in [6.45, 7) is 17.9. The zero-order chi connectivity index (χ0) is 43.2. The first-order chi connectivity index (χ1) is 27.6. The number of carbonyl (C=O) groups excluding carboxylic acids is 4. The maximum absolute atomic E-state index is 13.9. The van der Waals surface area contributed by atoms with Crippen LogP contribution in [-0.2, 0) is 30.5 Å². The van der Waals surface area contributed by atoms with Crippen molar-refractivity contribution in [1.29, 1.82) is 0 Å². The third kappa shape index (κ3) is 9.05. The SMILES string of the molecule is COc1c(OC(=O)c2ccc(C(C)(C)C)cc2)cc2c(c1OC(=O)c1ccc(C(C)(C)C)cc1)[C@@H]1O[C@H](COC(=O)c3ccc(C(C)(C)C)cc3)[C@@H](O)[C@H](O)[C@H]1OC2=O. The van der Waals surface area contributed by atoms with Gasteiger partial charge in [0.05, 0.1) is 29.4 Å². The molecule has 0 unspecified atom stereocenters. The molecule has 4 aromatic rings.